The van der Waals surface area contributed by atoms with Crippen molar-refractivity contribution in [2.24, 2.45) is 0 Å². The third-order valence-corrected chi connectivity index (χ3v) is 5.73. The Kier molecular flexibility index (Phi) is 7.94. The van der Waals surface area contributed by atoms with Gasteiger partial charge in [0.1, 0.15) is 0 Å². The van der Waals surface area contributed by atoms with E-state index in [9.17, 15) is 4.79 Å². The fraction of sp³-hybridized carbons (Fsp3) is 0.450. The van der Waals surface area contributed by atoms with E-state index in [2.05, 4.69) is 5.10 Å². The molecule has 8 heteroatoms. The lowest BCUT2D eigenvalue weighted by Crippen LogP contribution is -2.24. The summed E-state index contributed by atoms with van der Waals surface area (Å²) in [7, 11) is 1.67. The molecule has 150 valence electrons. The lowest BCUT2D eigenvalue weighted by atomic mass is 10.2. The van der Waals surface area contributed by atoms with Crippen LogP contribution in [0.3, 0.4) is 0 Å². The van der Waals surface area contributed by atoms with Crippen molar-refractivity contribution >= 4 is 34.3 Å². The third kappa shape index (κ3) is 5.59. The Morgan fingerprint density at radius 3 is 2.86 bits per heavy atom. The summed E-state index contributed by atoms with van der Waals surface area (Å²) >= 11 is 7.72. The number of hydrogen-bond donors (Lipinski definition) is 0. The Morgan fingerprint density at radius 1 is 1.18 bits per heavy atom. The van der Waals surface area contributed by atoms with Crippen molar-refractivity contribution in [2.75, 3.05) is 19.5 Å². The number of benzene rings is 1. The molecule has 0 bridgehead atoms. The van der Waals surface area contributed by atoms with Crippen LogP contribution in [0.25, 0.3) is 10.9 Å². The van der Waals surface area contributed by atoms with E-state index in [1.54, 1.807) is 47.8 Å². The minimum Gasteiger partial charge on any atom is -0.385 e. The van der Waals surface area contributed by atoms with Gasteiger partial charge in [-0.1, -0.05) is 29.8 Å². The van der Waals surface area contributed by atoms with Gasteiger partial charge in [-0.2, -0.15) is 5.10 Å². The molecule has 0 saturated carbocycles. The highest BCUT2D eigenvalue weighted by atomic mass is 35.5. The van der Waals surface area contributed by atoms with Crippen LogP contribution in [0.15, 0.2) is 46.6 Å². The van der Waals surface area contributed by atoms with Crippen LogP contribution in [-0.2, 0) is 17.8 Å². The molecule has 0 atom stereocenters. The molecule has 0 saturated heterocycles. The van der Waals surface area contributed by atoms with Crippen LogP contribution in [0.4, 0.5) is 0 Å². The van der Waals surface area contributed by atoms with E-state index in [1.807, 2.05) is 16.9 Å². The van der Waals surface area contributed by atoms with Gasteiger partial charge >= 0.3 is 0 Å². The van der Waals surface area contributed by atoms with Gasteiger partial charge in [-0.25, -0.2) is 4.98 Å². The van der Waals surface area contributed by atoms with Gasteiger partial charge in [0.25, 0.3) is 5.56 Å². The van der Waals surface area contributed by atoms with E-state index in [0.29, 0.717) is 29.1 Å². The molecule has 0 fully saturated rings. The molecule has 2 aromatic heterocycles. The van der Waals surface area contributed by atoms with Crippen LogP contribution in [-0.4, -0.2) is 38.8 Å². The van der Waals surface area contributed by atoms with Crippen molar-refractivity contribution in [1.29, 1.82) is 0 Å². The molecule has 1 aromatic carbocycles. The first kappa shape index (κ1) is 20.9. The number of methoxy groups -OCH3 is 1. The van der Waals surface area contributed by atoms with Gasteiger partial charge in [-0.05, 0) is 43.5 Å². The Balaban J connectivity index is 1.65. The number of aromatic nitrogens is 4. The highest BCUT2D eigenvalue weighted by molar-refractivity contribution is 7.99. The minimum absolute atomic E-state index is 0.0149. The molecule has 3 aromatic rings. The summed E-state index contributed by atoms with van der Waals surface area (Å²) in [6.07, 6.45) is 7.82. The number of fused-ring (bicyclic) bond motifs is 1. The first-order valence-corrected chi connectivity index (χ1v) is 10.8. The molecule has 2 heterocycles. The number of aryl methyl sites for hydroxylation is 1. The summed E-state index contributed by atoms with van der Waals surface area (Å²) in [5.74, 6) is 0.919. The van der Waals surface area contributed by atoms with Crippen molar-refractivity contribution in [3.8, 4) is 0 Å². The van der Waals surface area contributed by atoms with E-state index >= 15 is 0 Å². The molecule has 0 aliphatic heterocycles. The summed E-state index contributed by atoms with van der Waals surface area (Å²) in [5.41, 5.74) is 0.639. The van der Waals surface area contributed by atoms with Crippen molar-refractivity contribution in [2.45, 2.75) is 43.9 Å². The molecule has 28 heavy (non-hydrogen) atoms. The summed E-state index contributed by atoms with van der Waals surface area (Å²) < 4.78 is 8.86. The van der Waals surface area contributed by atoms with Crippen molar-refractivity contribution in [3.05, 3.63) is 52.0 Å². The lowest BCUT2D eigenvalue weighted by molar-refractivity contribution is 0.189. The molecular weight excluding hydrogens is 396 g/mol. The summed E-state index contributed by atoms with van der Waals surface area (Å²) in [6.45, 7) is 2.15. The number of unbranched alkanes of at least 4 members (excludes halogenated alkanes) is 2. The molecule has 0 unspecified atom stereocenters. The smallest absolute Gasteiger partial charge is 0.262 e. The zero-order chi connectivity index (χ0) is 19.8. The fourth-order valence-electron chi connectivity index (χ4n) is 3.00. The van der Waals surface area contributed by atoms with E-state index in [1.165, 1.54) is 0 Å². The number of thioether (sulfide) groups is 1. The second kappa shape index (κ2) is 10.6. The van der Waals surface area contributed by atoms with Crippen molar-refractivity contribution in [3.63, 3.8) is 0 Å². The molecule has 6 nitrogen and oxygen atoms in total. The fourth-order valence-corrected chi connectivity index (χ4v) is 4.19. The zero-order valence-corrected chi connectivity index (χ0v) is 17.6. The average Bonchev–Trinajstić information content (AvgIpc) is 3.20. The third-order valence-electron chi connectivity index (χ3n) is 4.43. The molecule has 0 aliphatic rings. The predicted molar refractivity (Wildman–Crippen MR) is 114 cm³/mol. The quantitative estimate of drug-likeness (QED) is 0.263. The molecule has 0 aliphatic carbocycles. The van der Waals surface area contributed by atoms with Gasteiger partial charge < -0.3 is 4.74 Å². The molecular formula is C20H25ClN4O2S. The maximum Gasteiger partial charge on any atom is 0.262 e. The van der Waals surface area contributed by atoms with Gasteiger partial charge in [-0.3, -0.25) is 14.0 Å². The van der Waals surface area contributed by atoms with E-state index in [4.69, 9.17) is 21.3 Å². The summed E-state index contributed by atoms with van der Waals surface area (Å²) in [6, 6.07) is 7.19. The molecule has 0 amide bonds. The number of halogens is 1. The normalized spacial score (nSPS) is 11.4. The van der Waals surface area contributed by atoms with E-state index in [0.717, 1.165) is 43.1 Å². The number of ether oxygens (including phenoxy) is 1. The molecule has 0 radical (unpaired) electrons. The van der Waals surface area contributed by atoms with Crippen LogP contribution in [0.1, 0.15) is 25.7 Å². The van der Waals surface area contributed by atoms with Crippen LogP contribution in [0.5, 0.6) is 0 Å². The van der Waals surface area contributed by atoms with Crippen LogP contribution >= 0.6 is 23.4 Å². The van der Waals surface area contributed by atoms with Gasteiger partial charge in [0.15, 0.2) is 5.16 Å². The number of nitrogens with zero attached hydrogens (tertiary/aromatic N) is 4. The summed E-state index contributed by atoms with van der Waals surface area (Å²) in [5, 5.41) is 6.16. The van der Waals surface area contributed by atoms with E-state index < -0.39 is 0 Å². The Bertz CT molecular complexity index is 943. The predicted octanol–water partition coefficient (Wildman–Crippen LogP) is 4.25. The molecule has 0 spiro atoms. The molecule has 3 rings (SSSR count). The largest absolute Gasteiger partial charge is 0.385 e. The van der Waals surface area contributed by atoms with Gasteiger partial charge in [-0.15, -0.1) is 0 Å². The second-order valence-corrected chi connectivity index (χ2v) is 8.04. The van der Waals surface area contributed by atoms with Crippen molar-refractivity contribution in [1.82, 2.24) is 19.3 Å². The zero-order valence-electron chi connectivity index (χ0n) is 16.0. The number of hydrogen-bond acceptors (Lipinski definition) is 5. The first-order valence-electron chi connectivity index (χ1n) is 9.48. The first-order chi connectivity index (χ1) is 13.7. The van der Waals surface area contributed by atoms with Gasteiger partial charge in [0.2, 0.25) is 0 Å². The monoisotopic (exact) mass is 420 g/mol. The Labute approximate surface area is 173 Å². The van der Waals surface area contributed by atoms with Crippen LogP contribution in [0.2, 0.25) is 5.02 Å². The lowest BCUT2D eigenvalue weighted by Gasteiger charge is -2.13. The van der Waals surface area contributed by atoms with Crippen LogP contribution in [0, 0.1) is 0 Å². The highest BCUT2D eigenvalue weighted by Gasteiger charge is 2.12. The van der Waals surface area contributed by atoms with Gasteiger partial charge in [0, 0.05) is 50.0 Å². The molecule has 0 N–H and O–H groups in total. The SMILES string of the molecule is COCCCn1c(SCCCCCn2cccn2)nc2cc(Cl)ccc2c1=O. The topological polar surface area (TPSA) is 61.9 Å². The van der Waals surface area contributed by atoms with Crippen LogP contribution < -0.4 is 5.56 Å². The average molecular weight is 421 g/mol. The minimum atomic E-state index is -0.0149. The van der Waals surface area contributed by atoms with Gasteiger partial charge in [0.05, 0.1) is 10.9 Å². The van der Waals surface area contributed by atoms with E-state index in [-0.39, 0.29) is 5.56 Å². The Morgan fingerprint density at radius 2 is 2.07 bits per heavy atom. The maximum atomic E-state index is 12.9. The standard InChI is InChI=1S/C20H25ClN4O2S/c1-27-13-6-12-25-19(26)17-8-7-16(21)15-18(17)23-20(25)28-14-4-2-3-10-24-11-5-9-22-24/h5,7-9,11,15H,2-4,6,10,12-14H2,1H3. The number of rotatable bonds is 11. The summed E-state index contributed by atoms with van der Waals surface area (Å²) in [4.78, 5) is 17.7. The second-order valence-electron chi connectivity index (χ2n) is 6.54. The maximum absolute atomic E-state index is 12.9. The Hall–Kier alpha value is -1.83. The highest BCUT2D eigenvalue weighted by Crippen LogP contribution is 2.22. The van der Waals surface area contributed by atoms with Crippen molar-refractivity contribution < 1.29 is 4.74 Å².